The molecule has 4 nitrogen and oxygen atoms in total. The molecule has 1 aromatic carbocycles. The lowest BCUT2D eigenvalue weighted by molar-refractivity contribution is -0.143. The van der Waals surface area contributed by atoms with Gasteiger partial charge in [0, 0.05) is 12.7 Å². The van der Waals surface area contributed by atoms with Gasteiger partial charge in [-0.1, -0.05) is 12.1 Å². The molecule has 1 aromatic rings. The smallest absolute Gasteiger partial charge is 0.313 e. The number of esters is 1. The minimum Gasteiger partial charge on any atom is -0.469 e. The van der Waals surface area contributed by atoms with Crippen LogP contribution in [0.4, 0.5) is 8.78 Å². The molecular formula is C12H14F2O4S. The van der Waals surface area contributed by atoms with E-state index < -0.39 is 34.6 Å². The van der Waals surface area contributed by atoms with Gasteiger partial charge in [0.1, 0.15) is 0 Å². The molecule has 0 amide bonds. The first-order chi connectivity index (χ1) is 8.75. The van der Waals surface area contributed by atoms with Crippen LogP contribution in [0.25, 0.3) is 0 Å². The fourth-order valence-corrected chi connectivity index (χ4v) is 2.27. The molecule has 0 aromatic heterocycles. The van der Waals surface area contributed by atoms with Crippen molar-refractivity contribution < 1.29 is 26.7 Å². The van der Waals surface area contributed by atoms with E-state index in [1.54, 1.807) is 0 Å². The maximum Gasteiger partial charge on any atom is 0.313 e. The molecule has 0 bridgehead atoms. The molecule has 0 saturated heterocycles. The van der Waals surface area contributed by atoms with Crippen molar-refractivity contribution in [3.8, 4) is 0 Å². The second-order valence-electron chi connectivity index (χ2n) is 4.04. The van der Waals surface area contributed by atoms with Gasteiger partial charge in [-0.25, -0.2) is 17.2 Å². The average molecular weight is 292 g/mol. The van der Waals surface area contributed by atoms with Gasteiger partial charge in [-0.2, -0.15) is 0 Å². The molecule has 1 rings (SSSR count). The maximum atomic E-state index is 12.4. The third-order valence-corrected chi connectivity index (χ3v) is 3.74. The van der Waals surface area contributed by atoms with Crippen LogP contribution in [0.15, 0.2) is 29.2 Å². The highest BCUT2D eigenvalue weighted by molar-refractivity contribution is 7.90. The SMILES string of the molecule is COC(=O)C(CC(F)F)c1ccc(S(C)(=O)=O)cc1. The van der Waals surface area contributed by atoms with Gasteiger partial charge >= 0.3 is 5.97 Å². The topological polar surface area (TPSA) is 60.4 Å². The van der Waals surface area contributed by atoms with E-state index in [4.69, 9.17) is 0 Å². The van der Waals surface area contributed by atoms with Crippen molar-refractivity contribution in [1.29, 1.82) is 0 Å². The lowest BCUT2D eigenvalue weighted by Crippen LogP contribution is -2.17. The summed E-state index contributed by atoms with van der Waals surface area (Å²) in [5.41, 5.74) is 0.305. The highest BCUT2D eigenvalue weighted by Crippen LogP contribution is 2.25. The summed E-state index contributed by atoms with van der Waals surface area (Å²) in [6.07, 6.45) is -2.28. The van der Waals surface area contributed by atoms with Crippen LogP contribution in [0.2, 0.25) is 0 Å². The van der Waals surface area contributed by atoms with E-state index in [9.17, 15) is 22.0 Å². The quantitative estimate of drug-likeness (QED) is 0.779. The molecule has 0 aliphatic carbocycles. The van der Waals surface area contributed by atoms with Crippen LogP contribution < -0.4 is 0 Å². The first-order valence-corrected chi connectivity index (χ1v) is 7.31. The van der Waals surface area contributed by atoms with Crippen LogP contribution in [0, 0.1) is 0 Å². The Labute approximate surface area is 110 Å². The summed E-state index contributed by atoms with van der Waals surface area (Å²) in [5, 5.41) is 0. The summed E-state index contributed by atoms with van der Waals surface area (Å²) in [7, 11) is -2.24. The van der Waals surface area contributed by atoms with E-state index in [1.165, 1.54) is 24.3 Å². The number of sulfone groups is 1. The zero-order chi connectivity index (χ0) is 14.6. The summed E-state index contributed by atoms with van der Waals surface area (Å²) in [6.45, 7) is 0. The molecule has 1 unspecified atom stereocenters. The van der Waals surface area contributed by atoms with E-state index in [1.807, 2.05) is 0 Å². The third-order valence-electron chi connectivity index (χ3n) is 2.61. The van der Waals surface area contributed by atoms with Crippen molar-refractivity contribution in [2.75, 3.05) is 13.4 Å². The molecule has 0 fully saturated rings. The Morgan fingerprint density at radius 3 is 2.16 bits per heavy atom. The first-order valence-electron chi connectivity index (χ1n) is 5.41. The Bertz CT molecular complexity index is 537. The van der Waals surface area contributed by atoms with Gasteiger partial charge in [0.05, 0.1) is 17.9 Å². The number of benzene rings is 1. The number of halogens is 2. The van der Waals surface area contributed by atoms with Crippen molar-refractivity contribution >= 4 is 15.8 Å². The van der Waals surface area contributed by atoms with Crippen molar-refractivity contribution in [3.63, 3.8) is 0 Å². The minimum atomic E-state index is -3.36. The zero-order valence-electron chi connectivity index (χ0n) is 10.5. The Morgan fingerprint density at radius 2 is 1.79 bits per heavy atom. The van der Waals surface area contributed by atoms with E-state index in [0.717, 1.165) is 13.4 Å². The van der Waals surface area contributed by atoms with Crippen LogP contribution in [0.1, 0.15) is 17.9 Å². The van der Waals surface area contributed by atoms with Gasteiger partial charge in [0.15, 0.2) is 9.84 Å². The largest absolute Gasteiger partial charge is 0.469 e. The predicted octanol–water partition coefficient (Wildman–Crippen LogP) is 2.00. The second-order valence-corrected chi connectivity index (χ2v) is 6.06. The van der Waals surface area contributed by atoms with Gasteiger partial charge < -0.3 is 4.74 Å². The van der Waals surface area contributed by atoms with Crippen LogP contribution >= 0.6 is 0 Å². The molecule has 0 N–H and O–H groups in total. The van der Waals surface area contributed by atoms with Crippen molar-refractivity contribution in [2.45, 2.75) is 23.7 Å². The van der Waals surface area contributed by atoms with E-state index in [2.05, 4.69) is 4.74 Å². The van der Waals surface area contributed by atoms with Gasteiger partial charge in [-0.3, -0.25) is 4.79 Å². The summed E-state index contributed by atoms with van der Waals surface area (Å²) >= 11 is 0. The summed E-state index contributed by atoms with van der Waals surface area (Å²) in [5.74, 6) is -1.87. The monoisotopic (exact) mass is 292 g/mol. The summed E-state index contributed by atoms with van der Waals surface area (Å²) < 4.78 is 51.9. The molecule has 0 heterocycles. The second kappa shape index (κ2) is 6.10. The van der Waals surface area contributed by atoms with Crippen LogP contribution in [0.5, 0.6) is 0 Å². The number of rotatable bonds is 5. The number of hydrogen-bond donors (Lipinski definition) is 0. The fourth-order valence-electron chi connectivity index (χ4n) is 1.64. The van der Waals surface area contributed by atoms with Gasteiger partial charge in [0.25, 0.3) is 0 Å². The first kappa shape index (κ1) is 15.6. The molecule has 1 atom stereocenters. The highest BCUT2D eigenvalue weighted by Gasteiger charge is 2.25. The average Bonchev–Trinajstić information content (AvgIpc) is 2.34. The highest BCUT2D eigenvalue weighted by atomic mass is 32.2. The van der Waals surface area contributed by atoms with Crippen molar-refractivity contribution in [1.82, 2.24) is 0 Å². The number of carbonyl (C=O) groups excluding carboxylic acids is 1. The minimum absolute atomic E-state index is 0.0666. The molecule has 19 heavy (non-hydrogen) atoms. The van der Waals surface area contributed by atoms with Crippen molar-refractivity contribution in [2.24, 2.45) is 0 Å². The fraction of sp³-hybridized carbons (Fsp3) is 0.417. The number of alkyl halides is 2. The Kier molecular flexibility index (Phi) is 4.99. The number of hydrogen-bond acceptors (Lipinski definition) is 4. The third kappa shape index (κ3) is 4.27. The standard InChI is InChI=1S/C12H14F2O4S/c1-18-12(15)10(7-11(13)14)8-3-5-9(6-4-8)19(2,16)17/h3-6,10-11H,7H2,1-2H3. The zero-order valence-corrected chi connectivity index (χ0v) is 11.3. The predicted molar refractivity (Wildman–Crippen MR) is 64.9 cm³/mol. The molecule has 0 aliphatic rings. The Hall–Kier alpha value is -1.50. The van der Waals surface area contributed by atoms with Crippen LogP contribution in [-0.4, -0.2) is 34.2 Å². The Morgan fingerprint density at radius 1 is 1.26 bits per heavy atom. The van der Waals surface area contributed by atoms with Gasteiger partial charge in [0.2, 0.25) is 6.43 Å². The number of methoxy groups -OCH3 is 1. The van der Waals surface area contributed by atoms with Crippen LogP contribution in [-0.2, 0) is 19.4 Å². The van der Waals surface area contributed by atoms with Crippen LogP contribution in [0.3, 0.4) is 0 Å². The number of carbonyl (C=O) groups is 1. The molecule has 0 aliphatic heterocycles. The van der Waals surface area contributed by atoms with Crippen molar-refractivity contribution in [3.05, 3.63) is 29.8 Å². The lowest BCUT2D eigenvalue weighted by atomic mass is 9.96. The summed E-state index contributed by atoms with van der Waals surface area (Å²) in [6, 6.07) is 5.26. The van der Waals surface area contributed by atoms with Gasteiger partial charge in [-0.05, 0) is 17.7 Å². The lowest BCUT2D eigenvalue weighted by Gasteiger charge is -2.14. The molecule has 7 heteroatoms. The van der Waals surface area contributed by atoms with E-state index in [0.29, 0.717) is 5.56 Å². The Balaban J connectivity index is 3.07. The molecule has 0 spiro atoms. The maximum absolute atomic E-state index is 12.4. The molecule has 0 radical (unpaired) electrons. The molecule has 106 valence electrons. The number of ether oxygens (including phenoxy) is 1. The molecular weight excluding hydrogens is 278 g/mol. The van der Waals surface area contributed by atoms with Gasteiger partial charge in [-0.15, -0.1) is 0 Å². The van der Waals surface area contributed by atoms with E-state index in [-0.39, 0.29) is 4.90 Å². The van der Waals surface area contributed by atoms with E-state index >= 15 is 0 Å². The normalized spacial score (nSPS) is 13.3. The summed E-state index contributed by atoms with van der Waals surface area (Å²) in [4.78, 5) is 11.5. The molecule has 0 saturated carbocycles.